The quantitative estimate of drug-likeness (QED) is 0.554. The molecule has 0 aromatic rings. The van der Waals surface area contributed by atoms with Gasteiger partial charge in [-0.2, -0.15) is 0 Å². The maximum atomic E-state index is 2.25. The molecule has 0 nitrogen and oxygen atoms in total. The van der Waals surface area contributed by atoms with E-state index in [0.29, 0.717) is 0 Å². The van der Waals surface area contributed by atoms with Crippen LogP contribution in [0.25, 0.3) is 0 Å². The van der Waals surface area contributed by atoms with Gasteiger partial charge < -0.3 is 0 Å². The maximum Gasteiger partial charge on any atom is 0.0447 e. The molecule has 1 aliphatic heterocycles. The number of hydrogen-bond acceptors (Lipinski definition) is 2. The van der Waals surface area contributed by atoms with Crippen molar-refractivity contribution in [2.75, 3.05) is 0 Å². The van der Waals surface area contributed by atoms with Crippen LogP contribution in [0.5, 0.6) is 0 Å². The van der Waals surface area contributed by atoms with Crippen molar-refractivity contribution < 1.29 is 0 Å². The second-order valence-corrected chi connectivity index (χ2v) is 3.59. The molecule has 0 aromatic heterocycles. The molecule has 0 N–H and O–H groups in total. The van der Waals surface area contributed by atoms with Crippen LogP contribution in [0, 0.1) is 0 Å². The molecule has 1 rings (SSSR count). The van der Waals surface area contributed by atoms with Gasteiger partial charge in [0.05, 0.1) is 0 Å². The van der Waals surface area contributed by atoms with Crippen molar-refractivity contribution in [1.29, 1.82) is 0 Å². The third kappa shape index (κ3) is 1.60. The van der Waals surface area contributed by atoms with Gasteiger partial charge in [0.1, 0.15) is 0 Å². The van der Waals surface area contributed by atoms with Gasteiger partial charge in [0, 0.05) is 4.24 Å². The number of hydrogen-bond donors (Lipinski definition) is 0. The molecule has 1 heterocycles. The average molecular weight is 144 g/mol. The van der Waals surface area contributed by atoms with Crippen LogP contribution in [0.15, 0.2) is 21.1 Å². The molecule has 44 valence electrons. The largest absolute Gasteiger partial charge is 0.0905 e. The SMILES string of the molecule is CCC=C1SC=CS1. The van der Waals surface area contributed by atoms with Crippen molar-refractivity contribution in [1.82, 2.24) is 0 Å². The van der Waals surface area contributed by atoms with Crippen LogP contribution in [0.3, 0.4) is 0 Å². The molecule has 0 aliphatic carbocycles. The van der Waals surface area contributed by atoms with Crippen LogP contribution in [-0.4, -0.2) is 0 Å². The Morgan fingerprint density at radius 3 is 2.62 bits per heavy atom. The van der Waals surface area contributed by atoms with Gasteiger partial charge in [-0.15, -0.1) is 0 Å². The zero-order valence-electron chi connectivity index (χ0n) is 4.76. The first-order valence-corrected chi connectivity index (χ1v) is 4.38. The van der Waals surface area contributed by atoms with Crippen molar-refractivity contribution in [2.24, 2.45) is 0 Å². The summed E-state index contributed by atoms with van der Waals surface area (Å²) in [6.07, 6.45) is 3.40. The molecule has 0 saturated carbocycles. The second-order valence-electron chi connectivity index (χ2n) is 1.44. The van der Waals surface area contributed by atoms with E-state index in [1.54, 1.807) is 0 Å². The lowest BCUT2D eigenvalue weighted by Gasteiger charge is -1.87. The maximum absolute atomic E-state index is 2.25. The highest BCUT2D eigenvalue weighted by atomic mass is 32.2. The van der Waals surface area contributed by atoms with E-state index in [9.17, 15) is 0 Å². The lowest BCUT2D eigenvalue weighted by molar-refractivity contribution is 1.23. The second kappa shape index (κ2) is 3.25. The van der Waals surface area contributed by atoms with Crippen LogP contribution in [-0.2, 0) is 0 Å². The van der Waals surface area contributed by atoms with Gasteiger partial charge in [0.2, 0.25) is 0 Å². The van der Waals surface area contributed by atoms with Crippen LogP contribution < -0.4 is 0 Å². The van der Waals surface area contributed by atoms with E-state index in [0.717, 1.165) is 6.42 Å². The van der Waals surface area contributed by atoms with Crippen molar-refractivity contribution >= 4 is 23.5 Å². The van der Waals surface area contributed by atoms with Gasteiger partial charge >= 0.3 is 0 Å². The Morgan fingerprint density at radius 1 is 1.50 bits per heavy atom. The molecule has 0 radical (unpaired) electrons. The van der Waals surface area contributed by atoms with E-state index in [2.05, 4.69) is 23.8 Å². The van der Waals surface area contributed by atoms with Crippen LogP contribution in [0.2, 0.25) is 0 Å². The zero-order chi connectivity index (χ0) is 5.82. The molecule has 0 fully saturated rings. The first kappa shape index (κ1) is 6.30. The van der Waals surface area contributed by atoms with Crippen molar-refractivity contribution in [2.45, 2.75) is 13.3 Å². The molecule has 2 heteroatoms. The van der Waals surface area contributed by atoms with Crippen LogP contribution in [0.1, 0.15) is 13.3 Å². The highest BCUT2D eigenvalue weighted by molar-refractivity contribution is 8.27. The minimum atomic E-state index is 1.15. The summed E-state index contributed by atoms with van der Waals surface area (Å²) in [5, 5.41) is 4.23. The van der Waals surface area contributed by atoms with Crippen molar-refractivity contribution in [3.8, 4) is 0 Å². The Hall–Kier alpha value is 0.180. The summed E-state index contributed by atoms with van der Waals surface area (Å²) in [6.45, 7) is 2.16. The lowest BCUT2D eigenvalue weighted by Crippen LogP contribution is -1.56. The molecule has 0 spiro atoms. The fourth-order valence-corrected chi connectivity index (χ4v) is 2.27. The van der Waals surface area contributed by atoms with Crippen molar-refractivity contribution in [3.63, 3.8) is 0 Å². The van der Waals surface area contributed by atoms with Crippen molar-refractivity contribution in [3.05, 3.63) is 21.1 Å². The van der Waals surface area contributed by atoms with E-state index < -0.39 is 0 Å². The minimum absolute atomic E-state index is 1.15. The Labute approximate surface area is 58.4 Å². The molecule has 0 amide bonds. The predicted octanol–water partition coefficient (Wildman–Crippen LogP) is 3.19. The highest BCUT2D eigenvalue weighted by Crippen LogP contribution is 2.37. The number of allylic oxidation sites excluding steroid dienone is 1. The van der Waals surface area contributed by atoms with E-state index in [1.807, 2.05) is 23.5 Å². The van der Waals surface area contributed by atoms with E-state index in [4.69, 9.17) is 0 Å². The number of thioether (sulfide) groups is 2. The Morgan fingerprint density at radius 2 is 2.12 bits per heavy atom. The fraction of sp³-hybridized carbons (Fsp3) is 0.333. The summed E-state index contributed by atoms with van der Waals surface area (Å²) in [4.78, 5) is 0. The normalized spacial score (nSPS) is 17.4. The summed E-state index contributed by atoms with van der Waals surface area (Å²) >= 11 is 3.62. The number of rotatable bonds is 1. The Balaban J connectivity index is 2.39. The lowest BCUT2D eigenvalue weighted by atomic mass is 10.5. The Kier molecular flexibility index (Phi) is 2.56. The highest BCUT2D eigenvalue weighted by Gasteiger charge is 1.97. The monoisotopic (exact) mass is 144 g/mol. The molecule has 0 aromatic carbocycles. The van der Waals surface area contributed by atoms with Gasteiger partial charge in [-0.25, -0.2) is 0 Å². The first-order chi connectivity index (χ1) is 3.93. The summed E-state index contributed by atoms with van der Waals surface area (Å²) in [5.74, 6) is 0. The van der Waals surface area contributed by atoms with Gasteiger partial charge in [-0.05, 0) is 17.2 Å². The molecule has 0 atom stereocenters. The molecule has 0 saturated heterocycles. The van der Waals surface area contributed by atoms with E-state index >= 15 is 0 Å². The van der Waals surface area contributed by atoms with Gasteiger partial charge in [0.15, 0.2) is 0 Å². The zero-order valence-corrected chi connectivity index (χ0v) is 6.39. The molecule has 1 aliphatic rings. The topological polar surface area (TPSA) is 0 Å². The summed E-state index contributed by atoms with van der Waals surface area (Å²) < 4.78 is 1.42. The molecular formula is C6H8S2. The van der Waals surface area contributed by atoms with Crippen LogP contribution in [0.4, 0.5) is 0 Å². The minimum Gasteiger partial charge on any atom is -0.0905 e. The summed E-state index contributed by atoms with van der Waals surface area (Å²) in [7, 11) is 0. The first-order valence-electron chi connectivity index (χ1n) is 2.62. The molecule has 0 bridgehead atoms. The van der Waals surface area contributed by atoms with Crippen LogP contribution >= 0.6 is 23.5 Å². The van der Waals surface area contributed by atoms with Gasteiger partial charge in [-0.3, -0.25) is 0 Å². The van der Waals surface area contributed by atoms with Gasteiger partial charge in [0.25, 0.3) is 0 Å². The predicted molar refractivity (Wildman–Crippen MR) is 42.7 cm³/mol. The summed E-state index contributed by atoms with van der Waals surface area (Å²) in [6, 6.07) is 0. The van der Waals surface area contributed by atoms with E-state index in [1.165, 1.54) is 4.24 Å². The van der Waals surface area contributed by atoms with Gasteiger partial charge in [-0.1, -0.05) is 36.5 Å². The van der Waals surface area contributed by atoms with E-state index in [-0.39, 0.29) is 0 Å². The smallest absolute Gasteiger partial charge is 0.0447 e. The third-order valence-electron chi connectivity index (χ3n) is 0.795. The third-order valence-corrected chi connectivity index (χ3v) is 2.89. The standard InChI is InChI=1S/C6H8S2/c1-2-3-6-7-4-5-8-6/h3-5H,2H2,1H3. The average Bonchev–Trinajstić information content (AvgIpc) is 2.19. The molecule has 0 unspecified atom stereocenters. The molecule has 8 heavy (non-hydrogen) atoms. The Bertz CT molecular complexity index is 114. The fourth-order valence-electron chi connectivity index (χ4n) is 0.480. The molecular weight excluding hydrogens is 136 g/mol. The summed E-state index contributed by atoms with van der Waals surface area (Å²) in [5.41, 5.74) is 0.